The first kappa shape index (κ1) is 19.5. The Morgan fingerprint density at radius 1 is 1.18 bits per heavy atom. The molecule has 0 unspecified atom stereocenters. The second kappa shape index (κ2) is 9.06. The van der Waals surface area contributed by atoms with Crippen molar-refractivity contribution >= 4 is 17.4 Å². The number of carbonyl (C=O) groups excluding carboxylic acids is 1. The number of benzene rings is 1. The molecule has 0 bridgehead atoms. The molecule has 1 aliphatic heterocycles. The Morgan fingerprint density at radius 3 is 2.50 bits per heavy atom. The number of ether oxygens (including phenoxy) is 2. The van der Waals surface area contributed by atoms with Crippen molar-refractivity contribution in [2.75, 3.05) is 57.2 Å². The first-order valence-corrected chi connectivity index (χ1v) is 8.99. The van der Waals surface area contributed by atoms with Crippen molar-refractivity contribution in [3.8, 4) is 17.6 Å². The second-order valence-electron chi connectivity index (χ2n) is 6.36. The quantitative estimate of drug-likeness (QED) is 0.815. The minimum absolute atomic E-state index is 0.171. The number of anilines is 2. The third-order valence-corrected chi connectivity index (χ3v) is 4.63. The van der Waals surface area contributed by atoms with Gasteiger partial charge in [0, 0.05) is 44.5 Å². The molecule has 1 fully saturated rings. The van der Waals surface area contributed by atoms with Gasteiger partial charge in [0.25, 0.3) is 0 Å². The summed E-state index contributed by atoms with van der Waals surface area (Å²) in [7, 11) is 3.01. The van der Waals surface area contributed by atoms with Gasteiger partial charge in [0.05, 0.1) is 32.0 Å². The van der Waals surface area contributed by atoms with Crippen molar-refractivity contribution < 1.29 is 14.3 Å². The number of piperazine rings is 1. The summed E-state index contributed by atoms with van der Waals surface area (Å²) in [6.45, 7) is 3.41. The van der Waals surface area contributed by atoms with E-state index >= 15 is 0 Å². The maximum absolute atomic E-state index is 12.5. The Labute approximate surface area is 164 Å². The minimum Gasteiger partial charge on any atom is -0.493 e. The highest BCUT2D eigenvalue weighted by Gasteiger charge is 2.20. The summed E-state index contributed by atoms with van der Waals surface area (Å²) >= 11 is 0. The summed E-state index contributed by atoms with van der Waals surface area (Å²) in [5, 5.41) is 12.2. The fourth-order valence-corrected chi connectivity index (χ4v) is 3.14. The van der Waals surface area contributed by atoms with E-state index < -0.39 is 0 Å². The zero-order valence-electron chi connectivity index (χ0n) is 16.0. The lowest BCUT2D eigenvalue weighted by Gasteiger charge is -2.34. The molecule has 1 saturated heterocycles. The third-order valence-electron chi connectivity index (χ3n) is 4.63. The Kier molecular flexibility index (Phi) is 6.29. The van der Waals surface area contributed by atoms with Crippen LogP contribution in [0.15, 0.2) is 36.5 Å². The second-order valence-corrected chi connectivity index (χ2v) is 6.36. The first-order chi connectivity index (χ1) is 13.6. The predicted molar refractivity (Wildman–Crippen MR) is 106 cm³/mol. The molecule has 1 aromatic carbocycles. The summed E-state index contributed by atoms with van der Waals surface area (Å²) in [5.41, 5.74) is 0.739. The lowest BCUT2D eigenvalue weighted by atomic mass is 10.1. The predicted octanol–water partition coefficient (Wildman–Crippen LogP) is 1.73. The number of nitrogens with zero attached hydrogens (tertiary/aromatic N) is 4. The number of methoxy groups -OCH3 is 2. The van der Waals surface area contributed by atoms with Gasteiger partial charge in [-0.3, -0.25) is 9.69 Å². The molecule has 146 valence electrons. The van der Waals surface area contributed by atoms with E-state index in [1.807, 2.05) is 18.2 Å². The number of rotatable bonds is 6. The molecule has 0 radical (unpaired) electrons. The minimum atomic E-state index is -0.171. The SMILES string of the molecule is COc1cc(C#N)c(NC(=O)CN2CCN(c3ccccn3)CC2)cc1OC. The summed E-state index contributed by atoms with van der Waals surface area (Å²) < 4.78 is 10.5. The molecular weight excluding hydrogens is 358 g/mol. The molecule has 0 spiro atoms. The van der Waals surface area contributed by atoms with Crippen LogP contribution in [-0.2, 0) is 4.79 Å². The summed E-state index contributed by atoms with van der Waals surface area (Å²) in [5.74, 6) is 1.69. The van der Waals surface area contributed by atoms with E-state index in [2.05, 4.69) is 26.2 Å². The number of carbonyl (C=O) groups is 1. The van der Waals surface area contributed by atoms with Crippen LogP contribution >= 0.6 is 0 Å². The third kappa shape index (κ3) is 4.50. The van der Waals surface area contributed by atoms with Crippen LogP contribution in [0.3, 0.4) is 0 Å². The van der Waals surface area contributed by atoms with Crippen LogP contribution in [0.25, 0.3) is 0 Å². The van der Waals surface area contributed by atoms with E-state index in [9.17, 15) is 10.1 Å². The zero-order valence-corrected chi connectivity index (χ0v) is 16.0. The number of amides is 1. The fourth-order valence-electron chi connectivity index (χ4n) is 3.14. The van der Waals surface area contributed by atoms with Crippen molar-refractivity contribution in [3.63, 3.8) is 0 Å². The maximum atomic E-state index is 12.5. The number of hydrogen-bond acceptors (Lipinski definition) is 7. The highest BCUT2D eigenvalue weighted by atomic mass is 16.5. The topological polar surface area (TPSA) is 90.7 Å². The molecule has 1 aromatic heterocycles. The van der Waals surface area contributed by atoms with Crippen LogP contribution in [0.1, 0.15) is 5.56 Å². The zero-order chi connectivity index (χ0) is 19.9. The van der Waals surface area contributed by atoms with Crippen LogP contribution in [0, 0.1) is 11.3 Å². The van der Waals surface area contributed by atoms with Gasteiger partial charge in [0.1, 0.15) is 11.9 Å². The molecule has 0 saturated carbocycles. The molecule has 2 heterocycles. The van der Waals surface area contributed by atoms with Gasteiger partial charge in [-0.05, 0) is 12.1 Å². The number of nitrogens with one attached hydrogen (secondary N) is 1. The molecule has 2 aromatic rings. The summed E-state index contributed by atoms with van der Waals surface area (Å²) in [6.07, 6.45) is 1.78. The van der Waals surface area contributed by atoms with Crippen molar-refractivity contribution in [3.05, 3.63) is 42.1 Å². The Hall–Kier alpha value is -3.31. The van der Waals surface area contributed by atoms with Crippen LogP contribution < -0.4 is 19.7 Å². The summed E-state index contributed by atoms with van der Waals surface area (Å²) in [6, 6.07) is 11.1. The van der Waals surface area contributed by atoms with E-state index in [0.29, 0.717) is 22.7 Å². The van der Waals surface area contributed by atoms with Crippen molar-refractivity contribution in [2.24, 2.45) is 0 Å². The highest BCUT2D eigenvalue weighted by molar-refractivity contribution is 5.94. The van der Waals surface area contributed by atoms with Crippen LogP contribution in [0.2, 0.25) is 0 Å². The van der Waals surface area contributed by atoms with E-state index in [1.165, 1.54) is 14.2 Å². The average molecular weight is 381 g/mol. The first-order valence-electron chi connectivity index (χ1n) is 8.99. The van der Waals surface area contributed by atoms with Crippen LogP contribution in [0.4, 0.5) is 11.5 Å². The van der Waals surface area contributed by atoms with E-state index in [0.717, 1.165) is 32.0 Å². The van der Waals surface area contributed by atoms with Crippen molar-refractivity contribution in [2.45, 2.75) is 0 Å². The molecule has 1 amide bonds. The van der Waals surface area contributed by atoms with Gasteiger partial charge < -0.3 is 19.7 Å². The number of pyridine rings is 1. The normalized spacial score (nSPS) is 14.2. The molecule has 8 nitrogen and oxygen atoms in total. The number of nitriles is 1. The fraction of sp³-hybridized carbons (Fsp3) is 0.350. The van der Waals surface area contributed by atoms with Crippen LogP contribution in [0.5, 0.6) is 11.5 Å². The average Bonchev–Trinajstić information content (AvgIpc) is 2.74. The highest BCUT2D eigenvalue weighted by Crippen LogP contribution is 2.33. The Morgan fingerprint density at radius 2 is 1.89 bits per heavy atom. The van der Waals surface area contributed by atoms with E-state index in [1.54, 1.807) is 18.3 Å². The Balaban J connectivity index is 1.59. The Bertz CT molecular complexity index is 858. The lowest BCUT2D eigenvalue weighted by Crippen LogP contribution is -2.48. The molecule has 1 aliphatic rings. The lowest BCUT2D eigenvalue weighted by molar-refractivity contribution is -0.117. The van der Waals surface area contributed by atoms with Gasteiger partial charge >= 0.3 is 0 Å². The van der Waals surface area contributed by atoms with Crippen molar-refractivity contribution in [1.29, 1.82) is 5.26 Å². The maximum Gasteiger partial charge on any atom is 0.238 e. The molecule has 3 rings (SSSR count). The molecule has 28 heavy (non-hydrogen) atoms. The molecular formula is C20H23N5O3. The van der Waals surface area contributed by atoms with E-state index in [4.69, 9.17) is 9.47 Å². The molecule has 1 N–H and O–H groups in total. The van der Waals surface area contributed by atoms with Gasteiger partial charge in [-0.1, -0.05) is 6.07 Å². The largest absolute Gasteiger partial charge is 0.493 e. The van der Waals surface area contributed by atoms with Gasteiger partial charge in [-0.15, -0.1) is 0 Å². The monoisotopic (exact) mass is 381 g/mol. The number of aromatic nitrogens is 1. The van der Waals surface area contributed by atoms with Gasteiger partial charge in [0.15, 0.2) is 11.5 Å². The van der Waals surface area contributed by atoms with Gasteiger partial charge in [-0.25, -0.2) is 4.98 Å². The van der Waals surface area contributed by atoms with Crippen LogP contribution in [-0.4, -0.2) is 62.7 Å². The van der Waals surface area contributed by atoms with Crippen molar-refractivity contribution in [1.82, 2.24) is 9.88 Å². The standard InChI is InChI=1S/C20H23N5O3/c1-27-17-11-15(13-21)16(12-18(17)28-2)23-20(26)14-24-7-9-25(10-8-24)19-5-3-4-6-22-19/h3-6,11-12H,7-10,14H2,1-2H3,(H,23,26). The molecule has 0 aliphatic carbocycles. The molecule has 8 heteroatoms. The smallest absolute Gasteiger partial charge is 0.238 e. The van der Waals surface area contributed by atoms with Gasteiger partial charge in [-0.2, -0.15) is 5.26 Å². The van der Waals surface area contributed by atoms with E-state index in [-0.39, 0.29) is 12.5 Å². The summed E-state index contributed by atoms with van der Waals surface area (Å²) in [4.78, 5) is 21.2. The van der Waals surface area contributed by atoms with Gasteiger partial charge in [0.2, 0.25) is 5.91 Å². The molecule has 0 atom stereocenters. The number of hydrogen-bond donors (Lipinski definition) is 1.